The summed E-state index contributed by atoms with van der Waals surface area (Å²) in [4.78, 5) is 16.6. The molecule has 0 spiro atoms. The maximum atomic E-state index is 12.8. The number of hydrazine groups is 1. The number of anilines is 1. The van der Waals surface area contributed by atoms with Crippen LogP contribution in [0, 0.1) is 6.92 Å². The van der Waals surface area contributed by atoms with Gasteiger partial charge in [0.05, 0.1) is 17.4 Å². The van der Waals surface area contributed by atoms with Crippen LogP contribution in [0.3, 0.4) is 0 Å². The zero-order chi connectivity index (χ0) is 15.6. The summed E-state index contributed by atoms with van der Waals surface area (Å²) >= 11 is 0. The van der Waals surface area contributed by atoms with E-state index in [9.17, 15) is 9.90 Å². The van der Waals surface area contributed by atoms with Gasteiger partial charge in [-0.15, -0.1) is 0 Å². The summed E-state index contributed by atoms with van der Waals surface area (Å²) in [6.07, 6.45) is 0.153. The fourth-order valence-corrected chi connectivity index (χ4v) is 2.85. The van der Waals surface area contributed by atoms with Gasteiger partial charge in [0.2, 0.25) is 0 Å². The summed E-state index contributed by atoms with van der Waals surface area (Å²) in [6.45, 7) is 3.05. The van der Waals surface area contributed by atoms with E-state index in [-0.39, 0.29) is 11.9 Å². The largest absolute Gasteiger partial charge is 0.391 e. The number of hydrogen-bond donors (Lipinski definition) is 3. The highest BCUT2D eigenvalue weighted by molar-refractivity contribution is 6.00. The number of likely N-dealkylation sites (tertiary alicyclic amines) is 1. The highest BCUT2D eigenvalue weighted by Crippen LogP contribution is 2.25. The summed E-state index contributed by atoms with van der Waals surface area (Å²) < 4.78 is 0. The highest BCUT2D eigenvalue weighted by Gasteiger charge is 2.35. The number of benzene rings is 1. The molecule has 6 heteroatoms. The van der Waals surface area contributed by atoms with Crippen LogP contribution in [0.1, 0.15) is 22.3 Å². The Morgan fingerprint density at radius 3 is 2.86 bits per heavy atom. The summed E-state index contributed by atoms with van der Waals surface area (Å²) in [5.41, 5.74) is 4.78. The van der Waals surface area contributed by atoms with Crippen LogP contribution in [-0.2, 0) is 0 Å². The number of nitrogen functional groups attached to an aromatic ring is 1. The molecule has 1 aliphatic heterocycles. The van der Waals surface area contributed by atoms with E-state index in [1.807, 2.05) is 38.1 Å². The molecule has 6 nitrogen and oxygen atoms in total. The van der Waals surface area contributed by atoms with Crippen LogP contribution in [-0.4, -0.2) is 60.1 Å². The Morgan fingerprint density at radius 1 is 1.52 bits per heavy atom. The molecule has 21 heavy (non-hydrogen) atoms. The second kappa shape index (κ2) is 6.43. The van der Waals surface area contributed by atoms with Crippen LogP contribution < -0.4 is 11.3 Å². The molecule has 0 saturated carbocycles. The van der Waals surface area contributed by atoms with Gasteiger partial charge in [-0.1, -0.05) is 6.07 Å². The third kappa shape index (κ3) is 3.53. The standard InChI is InChI=1S/C15H24N4O2/c1-10-4-5-13(14(6-10)17-16)15(21)19-9-12(20)7-11(19)8-18(2)3/h4-6,11-12,17,20H,7-9,16H2,1-3H3. The van der Waals surface area contributed by atoms with Crippen molar-refractivity contribution < 1.29 is 9.90 Å². The van der Waals surface area contributed by atoms with Crippen molar-refractivity contribution in [1.82, 2.24) is 9.80 Å². The minimum absolute atomic E-state index is 0.0226. The molecule has 1 aliphatic rings. The van der Waals surface area contributed by atoms with Crippen molar-refractivity contribution >= 4 is 11.6 Å². The number of rotatable bonds is 4. The van der Waals surface area contributed by atoms with E-state index in [0.29, 0.717) is 24.2 Å². The number of nitrogens with zero attached hydrogens (tertiary/aromatic N) is 2. The van der Waals surface area contributed by atoms with Gasteiger partial charge in [-0.05, 0) is 45.1 Å². The van der Waals surface area contributed by atoms with Crippen molar-refractivity contribution in [2.45, 2.75) is 25.5 Å². The van der Waals surface area contributed by atoms with E-state index < -0.39 is 6.10 Å². The molecule has 116 valence electrons. The number of aliphatic hydroxyl groups excluding tert-OH is 1. The number of carbonyl (C=O) groups is 1. The van der Waals surface area contributed by atoms with Crippen molar-refractivity contribution in [3.63, 3.8) is 0 Å². The van der Waals surface area contributed by atoms with E-state index in [1.54, 1.807) is 11.0 Å². The van der Waals surface area contributed by atoms with Crippen molar-refractivity contribution in [2.24, 2.45) is 5.84 Å². The molecule has 0 bridgehead atoms. The van der Waals surface area contributed by atoms with Gasteiger partial charge in [-0.2, -0.15) is 0 Å². The lowest BCUT2D eigenvalue weighted by Gasteiger charge is -2.27. The molecule has 4 N–H and O–H groups in total. The Bertz CT molecular complexity index is 518. The molecule has 2 rings (SSSR count). The number of nitrogens with two attached hydrogens (primary N) is 1. The highest BCUT2D eigenvalue weighted by atomic mass is 16.3. The lowest BCUT2D eigenvalue weighted by Crippen LogP contribution is -2.41. The lowest BCUT2D eigenvalue weighted by atomic mass is 10.1. The summed E-state index contributed by atoms with van der Waals surface area (Å²) in [5, 5.41) is 9.90. The van der Waals surface area contributed by atoms with Gasteiger partial charge in [0.25, 0.3) is 5.91 Å². The number of β-amino-alcohol motifs (C(OH)–C–C–N with tert-alkyl or cyclic N) is 1. The van der Waals surface area contributed by atoms with Gasteiger partial charge >= 0.3 is 0 Å². The van der Waals surface area contributed by atoms with Gasteiger partial charge in [-0.3, -0.25) is 10.6 Å². The quantitative estimate of drug-likeness (QED) is 0.553. The first-order chi connectivity index (χ1) is 9.92. The summed E-state index contributed by atoms with van der Waals surface area (Å²) in [6, 6.07) is 5.54. The monoisotopic (exact) mass is 292 g/mol. The fourth-order valence-electron chi connectivity index (χ4n) is 2.85. The molecular weight excluding hydrogens is 268 g/mol. The second-order valence-electron chi connectivity index (χ2n) is 5.96. The molecule has 1 saturated heterocycles. The normalized spacial score (nSPS) is 21.9. The van der Waals surface area contributed by atoms with Gasteiger partial charge in [0.15, 0.2) is 0 Å². The van der Waals surface area contributed by atoms with Crippen LogP contribution in [0.5, 0.6) is 0 Å². The van der Waals surface area contributed by atoms with E-state index in [2.05, 4.69) is 5.43 Å². The Morgan fingerprint density at radius 2 is 2.24 bits per heavy atom. The van der Waals surface area contributed by atoms with Gasteiger partial charge in [-0.25, -0.2) is 0 Å². The molecule has 0 aliphatic carbocycles. The molecule has 2 unspecified atom stereocenters. The Hall–Kier alpha value is -1.63. The van der Waals surface area contributed by atoms with Crippen molar-refractivity contribution in [3.8, 4) is 0 Å². The summed E-state index contributed by atoms with van der Waals surface area (Å²) in [5.74, 6) is 5.43. The summed E-state index contributed by atoms with van der Waals surface area (Å²) in [7, 11) is 3.93. The predicted molar refractivity (Wildman–Crippen MR) is 83.0 cm³/mol. The van der Waals surface area contributed by atoms with Crippen molar-refractivity contribution in [2.75, 3.05) is 32.6 Å². The topological polar surface area (TPSA) is 81.8 Å². The Kier molecular flexibility index (Phi) is 4.82. The maximum absolute atomic E-state index is 12.8. The third-order valence-corrected chi connectivity index (χ3v) is 3.79. The van der Waals surface area contributed by atoms with E-state index >= 15 is 0 Å². The SMILES string of the molecule is Cc1ccc(C(=O)N2CC(O)CC2CN(C)C)c(NN)c1. The minimum Gasteiger partial charge on any atom is -0.391 e. The fraction of sp³-hybridized carbons (Fsp3) is 0.533. The molecule has 0 radical (unpaired) electrons. The zero-order valence-corrected chi connectivity index (χ0v) is 12.8. The van der Waals surface area contributed by atoms with E-state index in [4.69, 9.17) is 5.84 Å². The number of carbonyl (C=O) groups excluding carboxylic acids is 1. The molecule has 1 fully saturated rings. The average Bonchev–Trinajstić information content (AvgIpc) is 2.77. The predicted octanol–water partition coefficient (Wildman–Crippen LogP) is 0.418. The zero-order valence-electron chi connectivity index (χ0n) is 12.8. The smallest absolute Gasteiger partial charge is 0.256 e. The van der Waals surface area contributed by atoms with Crippen molar-refractivity contribution in [3.05, 3.63) is 29.3 Å². The average molecular weight is 292 g/mol. The Labute approximate surface area is 125 Å². The molecule has 1 heterocycles. The number of aryl methyl sites for hydroxylation is 1. The van der Waals surface area contributed by atoms with Crippen LogP contribution >= 0.6 is 0 Å². The maximum Gasteiger partial charge on any atom is 0.256 e. The number of amides is 1. The minimum atomic E-state index is -0.460. The van der Waals surface area contributed by atoms with Gasteiger partial charge < -0.3 is 20.3 Å². The van der Waals surface area contributed by atoms with E-state index in [0.717, 1.165) is 12.1 Å². The van der Waals surface area contributed by atoms with Gasteiger partial charge in [0, 0.05) is 19.1 Å². The third-order valence-electron chi connectivity index (χ3n) is 3.79. The number of hydrogen-bond acceptors (Lipinski definition) is 5. The number of likely N-dealkylation sites (N-methyl/N-ethyl adjacent to an activating group) is 1. The molecule has 1 aromatic carbocycles. The molecule has 2 atom stereocenters. The second-order valence-corrected chi connectivity index (χ2v) is 5.96. The number of nitrogens with one attached hydrogen (secondary N) is 1. The van der Waals surface area contributed by atoms with Crippen molar-refractivity contribution in [1.29, 1.82) is 0 Å². The number of aliphatic hydroxyl groups is 1. The first kappa shape index (κ1) is 15.8. The van der Waals surface area contributed by atoms with Crippen LogP contribution in [0.25, 0.3) is 0 Å². The van der Waals surface area contributed by atoms with Gasteiger partial charge in [0.1, 0.15) is 0 Å². The van der Waals surface area contributed by atoms with E-state index in [1.165, 1.54) is 0 Å². The van der Waals surface area contributed by atoms with Crippen LogP contribution in [0.4, 0.5) is 5.69 Å². The molecule has 1 aromatic rings. The lowest BCUT2D eigenvalue weighted by molar-refractivity contribution is 0.0700. The first-order valence-corrected chi connectivity index (χ1v) is 7.13. The molecule has 1 amide bonds. The van der Waals surface area contributed by atoms with Crippen LogP contribution in [0.2, 0.25) is 0 Å². The molecule has 0 aromatic heterocycles. The Balaban J connectivity index is 2.25. The van der Waals surface area contributed by atoms with Crippen LogP contribution in [0.15, 0.2) is 18.2 Å². The molecular formula is C15H24N4O2. The first-order valence-electron chi connectivity index (χ1n) is 7.13.